The molecule has 7 nitrogen and oxygen atoms in total. The standard InChI is InChI=1S/C27H27F4N5O2/c1-15-11-21(25(29)30)34-36(15)14-23(37)35-13-18(28)12-22(35)27(38)33-24(17-5-3-2-4-6-17)20-10-9-19(16-7-8-16)26(31)32-20/h2-6,9-11,16,18,22,24-25H,7-8,12-14H2,1H3,(H,33,38). The number of halogens is 4. The molecule has 3 atom stereocenters. The molecule has 2 amide bonds. The minimum atomic E-state index is -2.79. The first-order chi connectivity index (χ1) is 18.2. The highest BCUT2D eigenvalue weighted by molar-refractivity contribution is 5.88. The van der Waals surface area contributed by atoms with Crippen LogP contribution in [0.3, 0.4) is 0 Å². The Hall–Kier alpha value is -3.76. The zero-order chi connectivity index (χ0) is 27.0. The molecular weight excluding hydrogens is 502 g/mol. The van der Waals surface area contributed by atoms with Crippen LogP contribution in [-0.2, 0) is 16.1 Å². The van der Waals surface area contributed by atoms with Crippen LogP contribution in [0.2, 0.25) is 0 Å². The van der Waals surface area contributed by atoms with Gasteiger partial charge >= 0.3 is 0 Å². The number of aryl methyl sites for hydroxylation is 1. The molecule has 5 rings (SSSR count). The maximum atomic E-state index is 14.8. The average molecular weight is 530 g/mol. The summed E-state index contributed by atoms with van der Waals surface area (Å²) in [7, 11) is 0. The highest BCUT2D eigenvalue weighted by Crippen LogP contribution is 2.41. The molecule has 0 radical (unpaired) electrons. The summed E-state index contributed by atoms with van der Waals surface area (Å²) in [6.45, 7) is 0.813. The molecule has 1 aliphatic heterocycles. The maximum absolute atomic E-state index is 14.8. The number of alkyl halides is 3. The fourth-order valence-corrected chi connectivity index (χ4v) is 4.86. The van der Waals surface area contributed by atoms with Gasteiger partial charge in [-0.15, -0.1) is 0 Å². The zero-order valence-electron chi connectivity index (χ0n) is 20.7. The third kappa shape index (κ3) is 5.41. The molecule has 2 fully saturated rings. The van der Waals surface area contributed by atoms with Crippen LogP contribution in [-0.4, -0.2) is 50.2 Å². The molecule has 3 aromatic rings. The number of hydrogen-bond acceptors (Lipinski definition) is 4. The minimum Gasteiger partial charge on any atom is -0.342 e. The van der Waals surface area contributed by atoms with Gasteiger partial charge in [-0.1, -0.05) is 36.4 Å². The van der Waals surface area contributed by atoms with Gasteiger partial charge in [0.25, 0.3) is 6.43 Å². The number of carbonyl (C=O) groups excluding carboxylic acids is 2. The van der Waals surface area contributed by atoms with E-state index in [-0.39, 0.29) is 24.6 Å². The van der Waals surface area contributed by atoms with Gasteiger partial charge in [-0.25, -0.2) is 18.2 Å². The second kappa shape index (κ2) is 10.5. The van der Waals surface area contributed by atoms with Gasteiger partial charge < -0.3 is 10.2 Å². The third-order valence-electron chi connectivity index (χ3n) is 7.01. The van der Waals surface area contributed by atoms with E-state index in [2.05, 4.69) is 15.4 Å². The fourth-order valence-electron chi connectivity index (χ4n) is 4.86. The van der Waals surface area contributed by atoms with E-state index in [0.29, 0.717) is 16.8 Å². The Morgan fingerprint density at radius 1 is 1.11 bits per heavy atom. The molecule has 0 bridgehead atoms. The van der Waals surface area contributed by atoms with Gasteiger partial charge in [0.1, 0.15) is 24.5 Å². The monoisotopic (exact) mass is 529 g/mol. The predicted octanol–water partition coefficient (Wildman–Crippen LogP) is 4.39. The van der Waals surface area contributed by atoms with Crippen molar-refractivity contribution in [2.75, 3.05) is 6.54 Å². The van der Waals surface area contributed by atoms with Crippen LogP contribution in [0.5, 0.6) is 0 Å². The molecule has 0 spiro atoms. The molecule has 3 unspecified atom stereocenters. The van der Waals surface area contributed by atoms with E-state index in [1.807, 2.05) is 0 Å². The molecule has 38 heavy (non-hydrogen) atoms. The van der Waals surface area contributed by atoms with E-state index in [4.69, 9.17) is 0 Å². The van der Waals surface area contributed by atoms with Crippen molar-refractivity contribution in [1.29, 1.82) is 0 Å². The number of nitrogens with one attached hydrogen (secondary N) is 1. The Labute approximate surface area is 216 Å². The summed E-state index contributed by atoms with van der Waals surface area (Å²) in [6, 6.07) is 11.4. The molecular formula is C27H27F4N5O2. The van der Waals surface area contributed by atoms with Gasteiger partial charge in [-0.2, -0.15) is 9.49 Å². The van der Waals surface area contributed by atoms with Crippen molar-refractivity contribution >= 4 is 11.8 Å². The lowest BCUT2D eigenvalue weighted by Gasteiger charge is -2.27. The van der Waals surface area contributed by atoms with E-state index in [9.17, 15) is 27.2 Å². The Bertz CT molecular complexity index is 1330. The predicted molar refractivity (Wildman–Crippen MR) is 130 cm³/mol. The summed E-state index contributed by atoms with van der Waals surface area (Å²) < 4.78 is 56.4. The second-order valence-corrected chi connectivity index (χ2v) is 9.81. The third-order valence-corrected chi connectivity index (χ3v) is 7.01. The van der Waals surface area contributed by atoms with E-state index in [1.54, 1.807) is 42.5 Å². The van der Waals surface area contributed by atoms with Crippen molar-refractivity contribution in [2.24, 2.45) is 0 Å². The molecule has 2 aliphatic rings. The molecule has 11 heteroatoms. The lowest BCUT2D eigenvalue weighted by atomic mass is 10.0. The van der Waals surface area contributed by atoms with E-state index in [0.717, 1.165) is 22.4 Å². The second-order valence-electron chi connectivity index (χ2n) is 9.81. The Kier molecular flexibility index (Phi) is 7.18. The number of likely N-dealkylation sites (tertiary alicyclic amines) is 1. The molecule has 1 saturated heterocycles. The number of pyridine rings is 1. The summed E-state index contributed by atoms with van der Waals surface area (Å²) in [5.74, 6) is -1.66. The molecule has 1 saturated carbocycles. The van der Waals surface area contributed by atoms with Crippen LogP contribution in [0.1, 0.15) is 65.9 Å². The van der Waals surface area contributed by atoms with Crippen LogP contribution < -0.4 is 5.32 Å². The number of aromatic nitrogens is 3. The normalized spacial score (nSPS) is 20.1. The number of benzene rings is 1. The van der Waals surface area contributed by atoms with Crippen LogP contribution in [0.15, 0.2) is 48.5 Å². The van der Waals surface area contributed by atoms with Crippen molar-refractivity contribution in [1.82, 2.24) is 25.0 Å². The molecule has 3 heterocycles. The van der Waals surface area contributed by atoms with Crippen LogP contribution >= 0.6 is 0 Å². The largest absolute Gasteiger partial charge is 0.342 e. The van der Waals surface area contributed by atoms with Gasteiger partial charge in [0.15, 0.2) is 0 Å². The number of hydrogen-bond donors (Lipinski definition) is 1. The van der Waals surface area contributed by atoms with E-state index in [1.165, 1.54) is 13.0 Å². The fraction of sp³-hybridized carbons (Fsp3) is 0.407. The lowest BCUT2D eigenvalue weighted by Crippen LogP contribution is -2.48. The number of amides is 2. The summed E-state index contributed by atoms with van der Waals surface area (Å²) in [5, 5.41) is 6.58. The van der Waals surface area contributed by atoms with E-state index < -0.39 is 54.7 Å². The SMILES string of the molecule is Cc1cc(C(F)F)nn1CC(=O)N1CC(F)CC1C(=O)NC(c1ccccc1)c1ccc(C2CC2)c(F)n1. The first-order valence-corrected chi connectivity index (χ1v) is 12.5. The van der Waals surface area contributed by atoms with Crippen molar-refractivity contribution in [3.05, 3.63) is 82.7 Å². The highest BCUT2D eigenvalue weighted by atomic mass is 19.3. The first kappa shape index (κ1) is 25.9. The van der Waals surface area contributed by atoms with Crippen LogP contribution in [0.4, 0.5) is 17.6 Å². The summed E-state index contributed by atoms with van der Waals surface area (Å²) >= 11 is 0. The van der Waals surface area contributed by atoms with Crippen molar-refractivity contribution in [3.63, 3.8) is 0 Å². The summed E-state index contributed by atoms with van der Waals surface area (Å²) in [6.07, 6.45) is -2.63. The topological polar surface area (TPSA) is 80.1 Å². The smallest absolute Gasteiger partial charge is 0.282 e. The molecule has 200 valence electrons. The summed E-state index contributed by atoms with van der Waals surface area (Å²) in [5.41, 5.74) is 1.35. The van der Waals surface area contributed by atoms with Crippen LogP contribution in [0.25, 0.3) is 0 Å². The van der Waals surface area contributed by atoms with Gasteiger partial charge in [0.2, 0.25) is 17.8 Å². The number of nitrogens with zero attached hydrogens (tertiary/aromatic N) is 4. The summed E-state index contributed by atoms with van der Waals surface area (Å²) in [4.78, 5) is 31.7. The Morgan fingerprint density at radius 3 is 2.47 bits per heavy atom. The molecule has 1 aromatic carbocycles. The number of rotatable bonds is 8. The van der Waals surface area contributed by atoms with Crippen molar-refractivity contribution in [3.8, 4) is 0 Å². The number of carbonyl (C=O) groups is 2. The van der Waals surface area contributed by atoms with Crippen molar-refractivity contribution in [2.45, 2.75) is 63.3 Å². The zero-order valence-corrected chi connectivity index (χ0v) is 20.7. The van der Waals surface area contributed by atoms with Gasteiger partial charge in [0.05, 0.1) is 18.3 Å². The van der Waals surface area contributed by atoms with Gasteiger partial charge in [0, 0.05) is 17.7 Å². The van der Waals surface area contributed by atoms with E-state index >= 15 is 0 Å². The molecule has 1 aliphatic carbocycles. The van der Waals surface area contributed by atoms with Crippen molar-refractivity contribution < 1.29 is 27.2 Å². The van der Waals surface area contributed by atoms with Gasteiger partial charge in [-0.3, -0.25) is 14.3 Å². The molecule has 1 N–H and O–H groups in total. The lowest BCUT2D eigenvalue weighted by molar-refractivity contribution is -0.139. The maximum Gasteiger partial charge on any atom is 0.282 e. The molecule has 2 aromatic heterocycles. The first-order valence-electron chi connectivity index (χ1n) is 12.5. The Morgan fingerprint density at radius 2 is 1.84 bits per heavy atom. The average Bonchev–Trinajstić information content (AvgIpc) is 3.56. The van der Waals surface area contributed by atoms with Crippen LogP contribution in [0, 0.1) is 12.9 Å². The minimum absolute atomic E-state index is 0.163. The Balaban J connectivity index is 1.37. The quantitative estimate of drug-likeness (QED) is 0.347. The highest BCUT2D eigenvalue weighted by Gasteiger charge is 2.41. The van der Waals surface area contributed by atoms with Gasteiger partial charge in [-0.05, 0) is 43.4 Å².